The molecule has 2 unspecified atom stereocenters. The van der Waals surface area contributed by atoms with Crippen LogP contribution in [0.5, 0.6) is 0 Å². The van der Waals surface area contributed by atoms with Crippen LogP contribution in [0.1, 0.15) is 35.0 Å². The minimum Gasteiger partial charge on any atom is -0.338 e. The van der Waals surface area contributed by atoms with Crippen molar-refractivity contribution in [3.05, 3.63) is 20.8 Å². The predicted molar refractivity (Wildman–Crippen MR) is 76.3 cm³/mol. The highest BCUT2D eigenvalue weighted by Crippen LogP contribution is 2.30. The van der Waals surface area contributed by atoms with Crippen molar-refractivity contribution < 1.29 is 4.79 Å². The molecule has 100 valence electrons. The van der Waals surface area contributed by atoms with Crippen molar-refractivity contribution in [3.63, 3.8) is 0 Å². The number of nitrogens with two attached hydrogens (primary N) is 1. The number of rotatable bonds is 2. The van der Waals surface area contributed by atoms with Gasteiger partial charge in [0.2, 0.25) is 0 Å². The maximum atomic E-state index is 12.4. The van der Waals surface area contributed by atoms with Gasteiger partial charge in [-0.1, -0.05) is 11.6 Å². The molecule has 1 fully saturated rings. The lowest BCUT2D eigenvalue weighted by Gasteiger charge is -2.34. The quantitative estimate of drug-likeness (QED) is 0.909. The van der Waals surface area contributed by atoms with Crippen LogP contribution < -0.4 is 5.73 Å². The first kappa shape index (κ1) is 13.8. The molecule has 1 aliphatic rings. The molecule has 1 aromatic rings. The van der Waals surface area contributed by atoms with Gasteiger partial charge in [-0.25, -0.2) is 0 Å². The van der Waals surface area contributed by atoms with Crippen LogP contribution in [0.2, 0.25) is 5.02 Å². The normalized spacial score (nSPS) is 22.0. The van der Waals surface area contributed by atoms with Crippen LogP contribution in [0, 0.1) is 12.8 Å². The third kappa shape index (κ3) is 2.71. The molecule has 1 aliphatic heterocycles. The Morgan fingerprint density at radius 2 is 2.39 bits per heavy atom. The number of carbonyl (C=O) groups excluding carboxylic acids is 1. The van der Waals surface area contributed by atoms with Crippen LogP contribution >= 0.6 is 22.9 Å². The molecular weight excluding hydrogens is 268 g/mol. The van der Waals surface area contributed by atoms with E-state index >= 15 is 0 Å². The third-order valence-electron chi connectivity index (χ3n) is 3.58. The number of amides is 1. The maximum Gasteiger partial charge on any atom is 0.265 e. The molecule has 2 N–H and O–H groups in total. The summed E-state index contributed by atoms with van der Waals surface area (Å²) < 4.78 is 0. The highest BCUT2D eigenvalue weighted by molar-refractivity contribution is 7.13. The first-order valence-electron chi connectivity index (χ1n) is 6.29. The fraction of sp³-hybridized carbons (Fsp3) is 0.615. The molecule has 3 nitrogen and oxygen atoms in total. The molecule has 0 bridgehead atoms. The highest BCUT2D eigenvalue weighted by Gasteiger charge is 2.28. The van der Waals surface area contributed by atoms with Gasteiger partial charge in [-0.2, -0.15) is 0 Å². The van der Waals surface area contributed by atoms with Crippen molar-refractivity contribution in [1.82, 2.24) is 4.90 Å². The van der Waals surface area contributed by atoms with Crippen LogP contribution in [0.4, 0.5) is 0 Å². The molecule has 1 saturated heterocycles. The molecule has 2 heterocycles. The van der Waals surface area contributed by atoms with Gasteiger partial charge in [-0.15, -0.1) is 11.3 Å². The Morgan fingerprint density at radius 1 is 1.67 bits per heavy atom. The average Bonchev–Trinajstić information content (AvgIpc) is 2.69. The Labute approximate surface area is 117 Å². The smallest absolute Gasteiger partial charge is 0.265 e. The van der Waals surface area contributed by atoms with Crippen LogP contribution in [-0.4, -0.2) is 29.9 Å². The van der Waals surface area contributed by atoms with Gasteiger partial charge in [0.15, 0.2) is 0 Å². The van der Waals surface area contributed by atoms with Gasteiger partial charge in [0.1, 0.15) is 4.88 Å². The molecule has 0 aromatic carbocycles. The number of likely N-dealkylation sites (tertiary alicyclic amines) is 1. The van der Waals surface area contributed by atoms with Crippen molar-refractivity contribution in [3.8, 4) is 0 Å². The number of hydrogen-bond acceptors (Lipinski definition) is 3. The number of thiophene rings is 1. The van der Waals surface area contributed by atoms with E-state index in [-0.39, 0.29) is 11.9 Å². The zero-order valence-corrected chi connectivity index (χ0v) is 12.4. The van der Waals surface area contributed by atoms with Crippen molar-refractivity contribution in [1.29, 1.82) is 0 Å². The van der Waals surface area contributed by atoms with Crippen LogP contribution in [-0.2, 0) is 0 Å². The minimum atomic E-state index is 0.0588. The second-order valence-electron chi connectivity index (χ2n) is 5.07. The van der Waals surface area contributed by atoms with Crippen molar-refractivity contribution in [2.75, 3.05) is 13.1 Å². The van der Waals surface area contributed by atoms with Gasteiger partial charge in [-0.3, -0.25) is 4.79 Å². The molecule has 5 heteroatoms. The monoisotopic (exact) mass is 286 g/mol. The molecule has 2 rings (SSSR count). The second kappa shape index (κ2) is 5.59. The SMILES string of the molecule is Cc1csc(C(=O)N2CCCC(C(C)N)C2)c1Cl. The summed E-state index contributed by atoms with van der Waals surface area (Å²) in [5, 5.41) is 2.54. The molecule has 2 atom stereocenters. The Kier molecular flexibility index (Phi) is 4.30. The van der Waals surface area contributed by atoms with E-state index in [1.54, 1.807) is 0 Å². The van der Waals surface area contributed by atoms with Gasteiger partial charge < -0.3 is 10.6 Å². The summed E-state index contributed by atoms with van der Waals surface area (Å²) >= 11 is 7.59. The standard InChI is InChI=1S/C13H19ClN2OS/c1-8-7-18-12(11(8)14)13(17)16-5-3-4-10(6-16)9(2)15/h7,9-10H,3-6,15H2,1-2H3. The van der Waals surface area contributed by atoms with Gasteiger partial charge in [-0.05, 0) is 43.6 Å². The van der Waals surface area contributed by atoms with Gasteiger partial charge in [0.25, 0.3) is 5.91 Å². The fourth-order valence-electron chi connectivity index (χ4n) is 2.34. The summed E-state index contributed by atoms with van der Waals surface area (Å²) in [6.45, 7) is 5.51. The molecule has 0 saturated carbocycles. The number of halogens is 1. The molecule has 0 spiro atoms. The van der Waals surface area contributed by atoms with E-state index in [0.29, 0.717) is 15.8 Å². The molecule has 1 aromatic heterocycles. The molecule has 0 aliphatic carbocycles. The second-order valence-corrected chi connectivity index (χ2v) is 6.33. The van der Waals surface area contributed by atoms with E-state index in [1.807, 2.05) is 24.1 Å². The Morgan fingerprint density at radius 3 is 2.94 bits per heavy atom. The molecular formula is C13H19ClN2OS. The van der Waals surface area contributed by atoms with Crippen molar-refractivity contribution >= 4 is 28.8 Å². The van der Waals surface area contributed by atoms with Crippen molar-refractivity contribution in [2.24, 2.45) is 11.7 Å². The van der Waals surface area contributed by atoms with E-state index in [0.717, 1.165) is 31.5 Å². The van der Waals surface area contributed by atoms with E-state index in [4.69, 9.17) is 17.3 Å². The number of carbonyl (C=O) groups is 1. The zero-order chi connectivity index (χ0) is 13.3. The lowest BCUT2D eigenvalue weighted by atomic mass is 9.92. The van der Waals surface area contributed by atoms with E-state index in [2.05, 4.69) is 0 Å². The average molecular weight is 287 g/mol. The third-order valence-corrected chi connectivity index (χ3v) is 5.27. The minimum absolute atomic E-state index is 0.0588. The Hall–Kier alpha value is -0.580. The van der Waals surface area contributed by atoms with E-state index in [9.17, 15) is 4.79 Å². The van der Waals surface area contributed by atoms with Crippen LogP contribution in [0.3, 0.4) is 0 Å². The Balaban J connectivity index is 2.12. The van der Waals surface area contributed by atoms with E-state index in [1.165, 1.54) is 11.3 Å². The first-order chi connectivity index (χ1) is 8.50. The fourth-order valence-corrected chi connectivity index (χ4v) is 3.58. The molecule has 1 amide bonds. The summed E-state index contributed by atoms with van der Waals surface area (Å²) in [5.41, 5.74) is 6.92. The topological polar surface area (TPSA) is 46.3 Å². The van der Waals surface area contributed by atoms with Crippen LogP contribution in [0.25, 0.3) is 0 Å². The lowest BCUT2D eigenvalue weighted by molar-refractivity contribution is 0.0666. The number of hydrogen-bond donors (Lipinski definition) is 1. The number of piperidine rings is 1. The highest BCUT2D eigenvalue weighted by atomic mass is 35.5. The largest absolute Gasteiger partial charge is 0.338 e. The summed E-state index contributed by atoms with van der Waals surface area (Å²) in [7, 11) is 0. The molecule has 0 radical (unpaired) electrons. The zero-order valence-electron chi connectivity index (χ0n) is 10.8. The lowest BCUT2D eigenvalue weighted by Crippen LogP contribution is -2.44. The summed E-state index contributed by atoms with van der Waals surface area (Å²) in [6.07, 6.45) is 2.14. The summed E-state index contributed by atoms with van der Waals surface area (Å²) in [6, 6.07) is 0.140. The summed E-state index contributed by atoms with van der Waals surface area (Å²) in [5.74, 6) is 0.464. The first-order valence-corrected chi connectivity index (χ1v) is 7.55. The number of nitrogens with zero attached hydrogens (tertiary/aromatic N) is 1. The van der Waals surface area contributed by atoms with E-state index < -0.39 is 0 Å². The summed E-state index contributed by atoms with van der Waals surface area (Å²) in [4.78, 5) is 15.0. The van der Waals surface area contributed by atoms with Gasteiger partial charge in [0, 0.05) is 19.1 Å². The Bertz CT molecular complexity index is 444. The van der Waals surface area contributed by atoms with Crippen molar-refractivity contribution in [2.45, 2.75) is 32.7 Å². The van der Waals surface area contributed by atoms with Gasteiger partial charge >= 0.3 is 0 Å². The maximum absolute atomic E-state index is 12.4. The molecule has 18 heavy (non-hydrogen) atoms. The predicted octanol–water partition coefficient (Wildman–Crippen LogP) is 2.91. The number of aryl methyl sites for hydroxylation is 1. The van der Waals surface area contributed by atoms with Gasteiger partial charge in [0.05, 0.1) is 5.02 Å². The van der Waals surface area contributed by atoms with Crippen LogP contribution in [0.15, 0.2) is 5.38 Å².